The Morgan fingerprint density at radius 3 is 2.46 bits per heavy atom. The van der Waals surface area contributed by atoms with Gasteiger partial charge in [-0.1, -0.05) is 48.9 Å². The van der Waals surface area contributed by atoms with Crippen LogP contribution in [0.25, 0.3) is 0 Å². The Hall–Kier alpha value is -2.60. The fraction of sp³-hybridized carbons (Fsp3) is 0.333. The number of halogens is 2. The minimum atomic E-state index is -0.532. The van der Waals surface area contributed by atoms with E-state index < -0.39 is 11.2 Å². The van der Waals surface area contributed by atoms with Gasteiger partial charge in [-0.05, 0) is 36.6 Å². The van der Waals surface area contributed by atoms with Crippen molar-refractivity contribution in [2.75, 3.05) is 18.4 Å². The highest BCUT2D eigenvalue weighted by Crippen LogP contribution is 2.31. The summed E-state index contributed by atoms with van der Waals surface area (Å²) in [7, 11) is 0. The first-order valence-corrected chi connectivity index (χ1v) is 9.58. The number of rotatable bonds is 4. The first-order valence-electron chi connectivity index (χ1n) is 9.21. The van der Waals surface area contributed by atoms with E-state index in [4.69, 9.17) is 11.6 Å². The minimum absolute atomic E-state index is 0.00160. The van der Waals surface area contributed by atoms with Crippen LogP contribution in [0.4, 0.5) is 14.9 Å². The molecule has 0 aliphatic carbocycles. The second-order valence-corrected chi connectivity index (χ2v) is 7.68. The van der Waals surface area contributed by atoms with Gasteiger partial charge in [0.2, 0.25) is 5.91 Å². The Bertz CT molecular complexity index is 852. The van der Waals surface area contributed by atoms with E-state index in [1.54, 1.807) is 4.90 Å². The van der Waals surface area contributed by atoms with Crippen molar-refractivity contribution in [3.05, 3.63) is 64.9 Å². The van der Waals surface area contributed by atoms with Crippen LogP contribution in [0.3, 0.4) is 0 Å². The van der Waals surface area contributed by atoms with Crippen LogP contribution in [-0.4, -0.2) is 29.9 Å². The van der Waals surface area contributed by atoms with Gasteiger partial charge in [-0.2, -0.15) is 0 Å². The minimum Gasteiger partial charge on any atom is -0.352 e. The molecule has 28 heavy (non-hydrogen) atoms. The third-order valence-corrected chi connectivity index (χ3v) is 5.46. The lowest BCUT2D eigenvalue weighted by Crippen LogP contribution is -2.49. The van der Waals surface area contributed by atoms with Gasteiger partial charge in [-0.3, -0.25) is 4.79 Å². The monoisotopic (exact) mass is 403 g/mol. The molecule has 2 N–H and O–H groups in total. The lowest BCUT2D eigenvalue weighted by atomic mass is 9.79. The van der Waals surface area contributed by atoms with Crippen LogP contribution in [0.5, 0.6) is 0 Å². The number of anilines is 1. The molecule has 0 unspecified atom stereocenters. The molecule has 2 aromatic rings. The number of nitrogens with one attached hydrogen (secondary N) is 2. The fourth-order valence-corrected chi connectivity index (χ4v) is 3.38. The molecule has 1 aliphatic rings. The van der Waals surface area contributed by atoms with E-state index in [9.17, 15) is 14.0 Å². The van der Waals surface area contributed by atoms with Crippen LogP contribution in [0, 0.1) is 11.2 Å². The summed E-state index contributed by atoms with van der Waals surface area (Å²) in [5, 5.41) is 5.67. The number of carbonyl (C=O) groups excluding carboxylic acids is 2. The fourth-order valence-electron chi connectivity index (χ4n) is 3.20. The zero-order valence-electron chi connectivity index (χ0n) is 15.7. The van der Waals surface area contributed by atoms with E-state index in [0.29, 0.717) is 38.2 Å². The van der Waals surface area contributed by atoms with E-state index in [1.807, 2.05) is 37.3 Å². The number of amides is 3. The van der Waals surface area contributed by atoms with Crippen LogP contribution in [0.1, 0.15) is 25.3 Å². The molecule has 2 aromatic carbocycles. The number of hydrogen-bond acceptors (Lipinski definition) is 2. The normalized spacial score (nSPS) is 15.8. The Morgan fingerprint density at radius 2 is 1.82 bits per heavy atom. The quantitative estimate of drug-likeness (QED) is 0.793. The van der Waals surface area contributed by atoms with Crippen LogP contribution < -0.4 is 10.6 Å². The van der Waals surface area contributed by atoms with Gasteiger partial charge >= 0.3 is 6.03 Å². The van der Waals surface area contributed by atoms with Crippen molar-refractivity contribution in [2.24, 2.45) is 5.41 Å². The van der Waals surface area contributed by atoms with Crippen molar-refractivity contribution in [2.45, 2.75) is 26.3 Å². The molecule has 5 nitrogen and oxygen atoms in total. The number of benzene rings is 2. The summed E-state index contributed by atoms with van der Waals surface area (Å²) in [6.07, 6.45) is 1.15. The maximum atomic E-state index is 13.2. The summed E-state index contributed by atoms with van der Waals surface area (Å²) >= 11 is 5.74. The van der Waals surface area contributed by atoms with Gasteiger partial charge in [-0.15, -0.1) is 0 Å². The number of nitrogens with zero attached hydrogens (tertiary/aromatic N) is 1. The van der Waals surface area contributed by atoms with Gasteiger partial charge in [0.05, 0.1) is 5.02 Å². The lowest BCUT2D eigenvalue weighted by Gasteiger charge is -2.38. The molecular weight excluding hydrogens is 381 g/mol. The van der Waals surface area contributed by atoms with Crippen molar-refractivity contribution >= 4 is 29.2 Å². The predicted octanol–water partition coefficient (Wildman–Crippen LogP) is 4.43. The molecular formula is C21H23ClFN3O2. The molecule has 1 heterocycles. The average Bonchev–Trinajstić information content (AvgIpc) is 2.70. The SMILES string of the molecule is CC1(C(=O)NCc2ccccc2)CCN(C(=O)Nc2ccc(F)c(Cl)c2)CC1. The molecule has 0 spiro atoms. The van der Waals surface area contributed by atoms with Gasteiger partial charge in [0.15, 0.2) is 0 Å². The second-order valence-electron chi connectivity index (χ2n) is 7.28. The van der Waals surface area contributed by atoms with Crippen molar-refractivity contribution in [3.8, 4) is 0 Å². The summed E-state index contributed by atoms with van der Waals surface area (Å²) in [6, 6.07) is 13.5. The standard InChI is InChI=1S/C21H23ClFN3O2/c1-21(19(27)24-14-15-5-3-2-4-6-15)9-11-26(12-10-21)20(28)25-16-7-8-18(23)17(22)13-16/h2-8,13H,9-12,14H2,1H3,(H,24,27)(H,25,28). The maximum Gasteiger partial charge on any atom is 0.321 e. The summed E-state index contributed by atoms with van der Waals surface area (Å²) in [5.41, 5.74) is 0.977. The molecule has 148 valence electrons. The molecule has 0 atom stereocenters. The number of likely N-dealkylation sites (tertiary alicyclic amines) is 1. The topological polar surface area (TPSA) is 61.4 Å². The van der Waals surface area contributed by atoms with Crippen LogP contribution in [0.15, 0.2) is 48.5 Å². The highest BCUT2D eigenvalue weighted by atomic mass is 35.5. The highest BCUT2D eigenvalue weighted by Gasteiger charge is 2.37. The molecule has 3 rings (SSSR count). The van der Waals surface area contributed by atoms with E-state index in [1.165, 1.54) is 18.2 Å². The van der Waals surface area contributed by atoms with Crippen molar-refractivity contribution in [1.82, 2.24) is 10.2 Å². The van der Waals surface area contributed by atoms with E-state index in [2.05, 4.69) is 10.6 Å². The Labute approximate surface area is 168 Å². The first kappa shape index (κ1) is 20.1. The molecule has 0 radical (unpaired) electrons. The number of carbonyl (C=O) groups is 2. The molecule has 3 amide bonds. The average molecular weight is 404 g/mol. The van der Waals surface area contributed by atoms with Crippen molar-refractivity contribution < 1.29 is 14.0 Å². The number of piperidine rings is 1. The summed E-state index contributed by atoms with van der Waals surface area (Å²) in [6.45, 7) is 3.36. The van der Waals surface area contributed by atoms with Gasteiger partial charge in [0, 0.05) is 30.7 Å². The molecule has 1 saturated heterocycles. The summed E-state index contributed by atoms with van der Waals surface area (Å²) in [5.74, 6) is -0.531. The zero-order chi connectivity index (χ0) is 20.1. The molecule has 1 aliphatic heterocycles. The van der Waals surface area contributed by atoms with E-state index >= 15 is 0 Å². The third-order valence-electron chi connectivity index (χ3n) is 5.17. The van der Waals surface area contributed by atoms with E-state index in [0.717, 1.165) is 5.56 Å². The van der Waals surface area contributed by atoms with Crippen molar-refractivity contribution in [3.63, 3.8) is 0 Å². The largest absolute Gasteiger partial charge is 0.352 e. The first-order chi connectivity index (χ1) is 13.4. The predicted molar refractivity (Wildman–Crippen MR) is 108 cm³/mol. The third kappa shape index (κ3) is 4.81. The number of hydrogen-bond donors (Lipinski definition) is 2. The number of urea groups is 1. The van der Waals surface area contributed by atoms with Crippen molar-refractivity contribution in [1.29, 1.82) is 0 Å². The van der Waals surface area contributed by atoms with E-state index in [-0.39, 0.29) is 17.0 Å². The maximum absolute atomic E-state index is 13.2. The Balaban J connectivity index is 1.51. The second kappa shape index (κ2) is 8.61. The molecule has 0 saturated carbocycles. The Morgan fingerprint density at radius 1 is 1.14 bits per heavy atom. The van der Waals surface area contributed by atoms with Gasteiger partial charge in [-0.25, -0.2) is 9.18 Å². The van der Waals surface area contributed by atoms with Gasteiger partial charge in [0.1, 0.15) is 5.82 Å². The zero-order valence-corrected chi connectivity index (χ0v) is 16.4. The molecule has 0 aromatic heterocycles. The summed E-state index contributed by atoms with van der Waals surface area (Å²) < 4.78 is 13.2. The van der Waals surface area contributed by atoms with Gasteiger partial charge < -0.3 is 15.5 Å². The molecule has 7 heteroatoms. The van der Waals surface area contributed by atoms with Crippen LogP contribution >= 0.6 is 11.6 Å². The highest BCUT2D eigenvalue weighted by molar-refractivity contribution is 6.31. The summed E-state index contributed by atoms with van der Waals surface area (Å²) in [4.78, 5) is 26.7. The molecule has 1 fully saturated rings. The molecule has 0 bridgehead atoms. The smallest absolute Gasteiger partial charge is 0.321 e. The van der Waals surface area contributed by atoms with Crippen LogP contribution in [-0.2, 0) is 11.3 Å². The van der Waals surface area contributed by atoms with Gasteiger partial charge in [0.25, 0.3) is 0 Å². The lowest BCUT2D eigenvalue weighted by molar-refractivity contribution is -0.132. The Kier molecular flexibility index (Phi) is 6.19. The van der Waals surface area contributed by atoms with Crippen LogP contribution in [0.2, 0.25) is 5.02 Å².